The molecule has 1 N–H and O–H groups in total. The van der Waals surface area contributed by atoms with E-state index in [1.54, 1.807) is 56.8 Å². The predicted octanol–water partition coefficient (Wildman–Crippen LogP) is 4.29. The number of ether oxygens (including phenoxy) is 3. The van der Waals surface area contributed by atoms with Crippen LogP contribution in [0.4, 0.5) is 0 Å². The van der Waals surface area contributed by atoms with Gasteiger partial charge in [0.1, 0.15) is 11.5 Å². The van der Waals surface area contributed by atoms with E-state index in [1.807, 2.05) is 0 Å². The van der Waals surface area contributed by atoms with Gasteiger partial charge in [-0.15, -0.1) is 0 Å². The number of carboxylic acids is 1. The van der Waals surface area contributed by atoms with E-state index in [4.69, 9.17) is 14.2 Å². The Morgan fingerprint density at radius 3 is 2.21 bits per heavy atom. The molecule has 0 unspecified atom stereocenters. The Hall–Kier alpha value is -3.87. The fourth-order valence-corrected chi connectivity index (χ4v) is 3.04. The molecule has 2 heterocycles. The van der Waals surface area contributed by atoms with Crippen molar-refractivity contribution in [1.29, 1.82) is 0 Å². The van der Waals surface area contributed by atoms with E-state index in [-0.39, 0.29) is 5.56 Å². The number of carbonyl (C=O) groups is 1. The molecule has 28 heavy (non-hydrogen) atoms. The number of hydrogen-bond donors (Lipinski definition) is 1. The van der Waals surface area contributed by atoms with Crippen molar-refractivity contribution in [2.45, 2.75) is 0 Å². The van der Waals surface area contributed by atoms with Gasteiger partial charge in [0, 0.05) is 35.3 Å². The summed E-state index contributed by atoms with van der Waals surface area (Å²) in [6.45, 7) is 0. The Morgan fingerprint density at radius 1 is 0.821 bits per heavy atom. The highest BCUT2D eigenvalue weighted by molar-refractivity contribution is 6.02. The Balaban J connectivity index is 1.78. The quantitative estimate of drug-likeness (QED) is 0.555. The van der Waals surface area contributed by atoms with Gasteiger partial charge in [-0.05, 0) is 30.3 Å². The Bertz CT molecular complexity index is 1210. The zero-order valence-electron chi connectivity index (χ0n) is 15.2. The highest BCUT2D eigenvalue weighted by atomic mass is 16.5. The summed E-state index contributed by atoms with van der Waals surface area (Å²) in [7, 11) is 3.13. The molecule has 4 rings (SSSR count). The van der Waals surface area contributed by atoms with Gasteiger partial charge < -0.3 is 19.3 Å². The third kappa shape index (κ3) is 3.03. The second-order valence-corrected chi connectivity index (χ2v) is 5.98. The van der Waals surface area contributed by atoms with Crippen LogP contribution in [0, 0.1) is 0 Å². The SMILES string of the molecule is COc1cc2nccc(Oc3ccc4c(C(=O)O)ccnc4c3)c2cc1OC. The average Bonchev–Trinajstić information content (AvgIpc) is 2.72. The van der Waals surface area contributed by atoms with Crippen LogP contribution in [0.5, 0.6) is 23.0 Å². The molecule has 0 saturated heterocycles. The highest BCUT2D eigenvalue weighted by Gasteiger charge is 2.13. The molecular formula is C21H16N2O5. The maximum absolute atomic E-state index is 11.4. The summed E-state index contributed by atoms with van der Waals surface area (Å²) in [5.41, 5.74) is 1.43. The molecule has 0 aliphatic carbocycles. The molecular weight excluding hydrogens is 360 g/mol. The monoisotopic (exact) mass is 376 g/mol. The van der Waals surface area contributed by atoms with E-state index < -0.39 is 5.97 Å². The van der Waals surface area contributed by atoms with Crippen molar-refractivity contribution in [2.24, 2.45) is 0 Å². The fraction of sp³-hybridized carbons (Fsp3) is 0.0952. The van der Waals surface area contributed by atoms with Crippen LogP contribution in [-0.2, 0) is 0 Å². The zero-order valence-corrected chi connectivity index (χ0v) is 15.2. The van der Waals surface area contributed by atoms with Crippen molar-refractivity contribution in [3.63, 3.8) is 0 Å². The van der Waals surface area contributed by atoms with Gasteiger partial charge in [0.25, 0.3) is 0 Å². The fourth-order valence-electron chi connectivity index (χ4n) is 3.04. The summed E-state index contributed by atoms with van der Waals surface area (Å²) >= 11 is 0. The first-order valence-electron chi connectivity index (χ1n) is 8.41. The van der Waals surface area contributed by atoms with Gasteiger partial charge in [-0.1, -0.05) is 0 Å². The smallest absolute Gasteiger partial charge is 0.336 e. The molecule has 140 valence electrons. The number of aromatic carboxylic acids is 1. The summed E-state index contributed by atoms with van der Waals surface area (Å²) in [5, 5.41) is 10.6. The van der Waals surface area contributed by atoms with Crippen molar-refractivity contribution in [3.05, 3.63) is 60.4 Å². The van der Waals surface area contributed by atoms with Crippen LogP contribution >= 0.6 is 0 Å². The molecule has 0 fully saturated rings. The molecule has 7 heteroatoms. The molecule has 0 aliphatic rings. The van der Waals surface area contributed by atoms with Crippen LogP contribution in [0.25, 0.3) is 21.8 Å². The maximum atomic E-state index is 11.4. The predicted molar refractivity (Wildman–Crippen MR) is 104 cm³/mol. The Morgan fingerprint density at radius 2 is 1.50 bits per heavy atom. The number of fused-ring (bicyclic) bond motifs is 2. The van der Waals surface area contributed by atoms with Crippen LogP contribution in [0.3, 0.4) is 0 Å². The van der Waals surface area contributed by atoms with Gasteiger partial charge in [0.05, 0.1) is 30.8 Å². The van der Waals surface area contributed by atoms with Crippen LogP contribution < -0.4 is 14.2 Å². The summed E-state index contributed by atoms with van der Waals surface area (Å²) in [6, 6.07) is 11.9. The lowest BCUT2D eigenvalue weighted by atomic mass is 10.1. The number of hydrogen-bond acceptors (Lipinski definition) is 6. The van der Waals surface area contributed by atoms with E-state index in [0.29, 0.717) is 39.4 Å². The minimum Gasteiger partial charge on any atom is -0.493 e. The van der Waals surface area contributed by atoms with Crippen molar-refractivity contribution in [3.8, 4) is 23.0 Å². The van der Waals surface area contributed by atoms with Crippen LogP contribution in [0.15, 0.2) is 54.9 Å². The molecule has 2 aromatic heterocycles. The molecule has 0 bridgehead atoms. The molecule has 0 spiro atoms. The van der Waals surface area contributed by atoms with E-state index in [0.717, 1.165) is 5.39 Å². The third-order valence-electron chi connectivity index (χ3n) is 4.38. The minimum absolute atomic E-state index is 0.197. The van der Waals surface area contributed by atoms with Crippen molar-refractivity contribution in [1.82, 2.24) is 9.97 Å². The number of nitrogens with zero attached hydrogens (tertiary/aromatic N) is 2. The van der Waals surface area contributed by atoms with E-state index in [1.165, 1.54) is 12.3 Å². The zero-order chi connectivity index (χ0) is 19.7. The molecule has 0 saturated carbocycles. The average molecular weight is 376 g/mol. The molecule has 0 amide bonds. The second kappa shape index (κ2) is 7.03. The van der Waals surface area contributed by atoms with E-state index >= 15 is 0 Å². The topological polar surface area (TPSA) is 90.8 Å². The second-order valence-electron chi connectivity index (χ2n) is 5.98. The normalized spacial score (nSPS) is 10.8. The van der Waals surface area contributed by atoms with Crippen molar-refractivity contribution in [2.75, 3.05) is 14.2 Å². The lowest BCUT2D eigenvalue weighted by molar-refractivity contribution is 0.0699. The largest absolute Gasteiger partial charge is 0.493 e. The van der Waals surface area contributed by atoms with Crippen LogP contribution in [-0.4, -0.2) is 35.3 Å². The van der Waals surface area contributed by atoms with E-state index in [2.05, 4.69) is 9.97 Å². The number of pyridine rings is 2. The number of rotatable bonds is 5. The van der Waals surface area contributed by atoms with Gasteiger partial charge in [-0.2, -0.15) is 0 Å². The number of benzene rings is 2. The van der Waals surface area contributed by atoms with Crippen molar-refractivity contribution < 1.29 is 24.1 Å². The first-order valence-corrected chi connectivity index (χ1v) is 8.41. The summed E-state index contributed by atoms with van der Waals surface area (Å²) < 4.78 is 16.7. The minimum atomic E-state index is -0.998. The molecule has 0 atom stereocenters. The summed E-state index contributed by atoms with van der Waals surface area (Å²) in [5.74, 6) is 1.27. The Labute approximate surface area is 160 Å². The number of aromatic nitrogens is 2. The van der Waals surface area contributed by atoms with Crippen molar-refractivity contribution >= 4 is 27.8 Å². The van der Waals surface area contributed by atoms with Crippen LogP contribution in [0.2, 0.25) is 0 Å². The number of carboxylic acid groups (broad SMARTS) is 1. The molecule has 0 radical (unpaired) electrons. The van der Waals surface area contributed by atoms with Gasteiger partial charge in [0.2, 0.25) is 0 Å². The van der Waals surface area contributed by atoms with Gasteiger partial charge in [-0.3, -0.25) is 9.97 Å². The Kier molecular flexibility index (Phi) is 4.41. The number of methoxy groups -OCH3 is 2. The van der Waals surface area contributed by atoms with E-state index in [9.17, 15) is 9.90 Å². The first kappa shape index (κ1) is 17.5. The molecule has 4 aromatic rings. The molecule has 0 aliphatic heterocycles. The van der Waals surface area contributed by atoms with Gasteiger partial charge in [-0.25, -0.2) is 4.79 Å². The summed E-state index contributed by atoms with van der Waals surface area (Å²) in [6.07, 6.45) is 3.11. The van der Waals surface area contributed by atoms with Gasteiger partial charge >= 0.3 is 5.97 Å². The molecule has 7 nitrogen and oxygen atoms in total. The lowest BCUT2D eigenvalue weighted by Crippen LogP contribution is -1.98. The van der Waals surface area contributed by atoms with Crippen LogP contribution in [0.1, 0.15) is 10.4 Å². The standard InChI is InChI=1S/C21H16N2O5/c1-26-19-10-15-17(11-20(19)27-2)23-8-6-18(15)28-12-3-4-13-14(21(24)25)5-7-22-16(13)9-12/h3-11H,1-2H3,(H,24,25). The van der Waals surface area contributed by atoms with Gasteiger partial charge in [0.15, 0.2) is 11.5 Å². The highest BCUT2D eigenvalue weighted by Crippen LogP contribution is 2.37. The maximum Gasteiger partial charge on any atom is 0.336 e. The third-order valence-corrected chi connectivity index (χ3v) is 4.38. The lowest BCUT2D eigenvalue weighted by Gasteiger charge is -2.12. The molecule has 2 aromatic carbocycles. The summed E-state index contributed by atoms with van der Waals surface area (Å²) in [4.78, 5) is 20.0. The first-order chi connectivity index (χ1) is 13.6.